The van der Waals surface area contributed by atoms with Crippen LogP contribution in [-0.4, -0.2) is 16.9 Å². The minimum absolute atomic E-state index is 0.356. The second kappa shape index (κ2) is 8.96. The first-order valence-corrected chi connectivity index (χ1v) is 8.90. The number of amides is 1. The van der Waals surface area contributed by atoms with E-state index < -0.39 is 5.91 Å². The maximum Gasteiger partial charge on any atom is 0.250 e. The third-order valence-corrected chi connectivity index (χ3v) is 4.21. The van der Waals surface area contributed by atoms with Crippen LogP contribution >= 0.6 is 0 Å². The van der Waals surface area contributed by atoms with Crippen LogP contribution in [0.25, 0.3) is 0 Å². The summed E-state index contributed by atoms with van der Waals surface area (Å²) in [5, 5.41) is 3.54. The Morgan fingerprint density at radius 3 is 2.41 bits per heavy atom. The van der Waals surface area contributed by atoms with Gasteiger partial charge in [0.2, 0.25) is 11.8 Å². The SMILES string of the molecule is CC(Cc1ccc(Oc2ccc(C(N)=O)cn2)cc1)NCc1ccccc1. The number of nitrogens with zero attached hydrogens (tertiary/aromatic N) is 1. The summed E-state index contributed by atoms with van der Waals surface area (Å²) in [5.41, 5.74) is 8.07. The van der Waals surface area contributed by atoms with E-state index in [1.807, 2.05) is 30.3 Å². The number of hydrogen-bond donors (Lipinski definition) is 2. The van der Waals surface area contributed by atoms with E-state index in [-0.39, 0.29) is 0 Å². The highest BCUT2D eigenvalue weighted by Gasteiger charge is 2.06. The van der Waals surface area contributed by atoms with Gasteiger partial charge in [0.25, 0.3) is 0 Å². The number of primary amides is 1. The summed E-state index contributed by atoms with van der Waals surface area (Å²) >= 11 is 0. The van der Waals surface area contributed by atoms with Crippen molar-refractivity contribution in [2.24, 2.45) is 5.73 Å². The molecule has 1 heterocycles. The lowest BCUT2D eigenvalue weighted by Gasteiger charge is -2.14. The van der Waals surface area contributed by atoms with Crippen LogP contribution in [0.2, 0.25) is 0 Å². The van der Waals surface area contributed by atoms with Crippen molar-refractivity contribution in [3.63, 3.8) is 0 Å². The summed E-state index contributed by atoms with van der Waals surface area (Å²) in [6.45, 7) is 3.04. The van der Waals surface area contributed by atoms with E-state index in [1.54, 1.807) is 12.1 Å². The molecule has 2 aromatic carbocycles. The van der Waals surface area contributed by atoms with Crippen LogP contribution < -0.4 is 15.8 Å². The number of pyridine rings is 1. The molecule has 1 unspecified atom stereocenters. The highest BCUT2D eigenvalue weighted by Crippen LogP contribution is 2.20. The molecule has 0 radical (unpaired) electrons. The number of rotatable bonds is 8. The Bertz CT molecular complexity index is 862. The van der Waals surface area contributed by atoms with E-state index in [9.17, 15) is 4.79 Å². The maximum atomic E-state index is 11.1. The Labute approximate surface area is 159 Å². The highest BCUT2D eigenvalue weighted by molar-refractivity contribution is 5.92. The Hall–Kier alpha value is -3.18. The average Bonchev–Trinajstić information content (AvgIpc) is 2.69. The molecular weight excluding hydrogens is 338 g/mol. The van der Waals surface area contributed by atoms with E-state index in [2.05, 4.69) is 41.5 Å². The van der Waals surface area contributed by atoms with E-state index in [0.717, 1.165) is 13.0 Å². The Kier molecular flexibility index (Phi) is 6.18. The first kappa shape index (κ1) is 18.6. The summed E-state index contributed by atoms with van der Waals surface area (Å²) in [7, 11) is 0. The van der Waals surface area contributed by atoms with Gasteiger partial charge >= 0.3 is 0 Å². The number of benzene rings is 2. The van der Waals surface area contributed by atoms with Gasteiger partial charge in [-0.25, -0.2) is 4.98 Å². The molecule has 1 atom stereocenters. The quantitative estimate of drug-likeness (QED) is 0.641. The fraction of sp³-hybridized carbons (Fsp3) is 0.182. The molecule has 3 rings (SSSR count). The smallest absolute Gasteiger partial charge is 0.250 e. The molecule has 0 bridgehead atoms. The number of nitrogens with two attached hydrogens (primary N) is 1. The predicted molar refractivity (Wildman–Crippen MR) is 106 cm³/mol. The topological polar surface area (TPSA) is 77.2 Å². The lowest BCUT2D eigenvalue weighted by Crippen LogP contribution is -2.27. The second-order valence-electron chi connectivity index (χ2n) is 6.47. The summed E-state index contributed by atoms with van der Waals surface area (Å²) in [4.78, 5) is 15.1. The standard InChI is InChI=1S/C22H23N3O2/c1-16(24-14-18-5-3-2-4-6-18)13-17-7-10-20(11-8-17)27-21-12-9-19(15-25-21)22(23)26/h2-12,15-16,24H,13-14H2,1H3,(H2,23,26). The van der Waals surface area contributed by atoms with Crippen molar-refractivity contribution in [1.29, 1.82) is 0 Å². The molecule has 5 heteroatoms. The van der Waals surface area contributed by atoms with Crippen molar-refractivity contribution in [2.45, 2.75) is 25.9 Å². The van der Waals surface area contributed by atoms with Crippen molar-refractivity contribution < 1.29 is 9.53 Å². The van der Waals surface area contributed by atoms with Crippen LogP contribution in [0.15, 0.2) is 72.9 Å². The van der Waals surface area contributed by atoms with Gasteiger partial charge in [-0.15, -0.1) is 0 Å². The van der Waals surface area contributed by atoms with Crippen LogP contribution in [0.3, 0.4) is 0 Å². The molecular formula is C22H23N3O2. The van der Waals surface area contributed by atoms with Crippen molar-refractivity contribution in [1.82, 2.24) is 10.3 Å². The van der Waals surface area contributed by atoms with Crippen molar-refractivity contribution in [2.75, 3.05) is 0 Å². The van der Waals surface area contributed by atoms with Gasteiger partial charge in [-0.1, -0.05) is 42.5 Å². The van der Waals surface area contributed by atoms with Crippen LogP contribution in [0.1, 0.15) is 28.4 Å². The molecule has 0 aliphatic carbocycles. The van der Waals surface area contributed by atoms with Crippen LogP contribution in [0.4, 0.5) is 0 Å². The molecule has 0 spiro atoms. The largest absolute Gasteiger partial charge is 0.439 e. The van der Waals surface area contributed by atoms with Gasteiger partial charge in [-0.05, 0) is 42.7 Å². The zero-order valence-corrected chi connectivity index (χ0v) is 15.3. The molecule has 138 valence electrons. The van der Waals surface area contributed by atoms with Gasteiger partial charge in [0.15, 0.2) is 0 Å². The zero-order chi connectivity index (χ0) is 19.1. The number of hydrogen-bond acceptors (Lipinski definition) is 4. The molecule has 5 nitrogen and oxygen atoms in total. The lowest BCUT2D eigenvalue weighted by atomic mass is 10.1. The zero-order valence-electron chi connectivity index (χ0n) is 15.3. The first-order chi connectivity index (χ1) is 13.1. The molecule has 0 aliphatic rings. The molecule has 1 amide bonds. The number of ether oxygens (including phenoxy) is 1. The molecule has 0 fully saturated rings. The average molecular weight is 361 g/mol. The highest BCUT2D eigenvalue weighted by atomic mass is 16.5. The van der Waals surface area contributed by atoms with Crippen LogP contribution in [0.5, 0.6) is 11.6 Å². The normalized spacial score (nSPS) is 11.7. The van der Waals surface area contributed by atoms with Gasteiger partial charge in [-0.2, -0.15) is 0 Å². The van der Waals surface area contributed by atoms with E-state index in [0.29, 0.717) is 23.2 Å². The Morgan fingerprint density at radius 1 is 1.04 bits per heavy atom. The monoisotopic (exact) mass is 361 g/mol. The van der Waals surface area contributed by atoms with Crippen LogP contribution in [-0.2, 0) is 13.0 Å². The minimum atomic E-state index is -0.506. The number of carbonyl (C=O) groups is 1. The van der Waals surface area contributed by atoms with Gasteiger partial charge in [0.05, 0.1) is 5.56 Å². The van der Waals surface area contributed by atoms with E-state index in [4.69, 9.17) is 10.5 Å². The molecule has 1 aromatic heterocycles. The van der Waals surface area contributed by atoms with Gasteiger partial charge in [-0.3, -0.25) is 4.79 Å². The fourth-order valence-corrected chi connectivity index (χ4v) is 2.71. The number of nitrogens with one attached hydrogen (secondary N) is 1. The molecule has 27 heavy (non-hydrogen) atoms. The predicted octanol–water partition coefficient (Wildman–Crippen LogP) is 3.69. The van der Waals surface area contributed by atoms with Gasteiger partial charge in [0, 0.05) is 24.8 Å². The van der Waals surface area contributed by atoms with E-state index in [1.165, 1.54) is 17.3 Å². The van der Waals surface area contributed by atoms with Crippen molar-refractivity contribution in [3.05, 3.63) is 89.6 Å². The van der Waals surface area contributed by atoms with Gasteiger partial charge in [0.1, 0.15) is 5.75 Å². The maximum absolute atomic E-state index is 11.1. The first-order valence-electron chi connectivity index (χ1n) is 8.90. The summed E-state index contributed by atoms with van der Waals surface area (Å²) < 4.78 is 5.70. The van der Waals surface area contributed by atoms with Crippen LogP contribution in [0, 0.1) is 0 Å². The summed E-state index contributed by atoms with van der Waals surface area (Å²) in [6, 6.07) is 21.9. The molecule has 0 aliphatic heterocycles. The summed E-state index contributed by atoms with van der Waals surface area (Å²) in [6.07, 6.45) is 2.34. The molecule has 0 saturated heterocycles. The second-order valence-corrected chi connectivity index (χ2v) is 6.47. The molecule has 0 saturated carbocycles. The Morgan fingerprint density at radius 2 is 1.78 bits per heavy atom. The lowest BCUT2D eigenvalue weighted by molar-refractivity contribution is 0.1000. The fourth-order valence-electron chi connectivity index (χ4n) is 2.71. The third-order valence-electron chi connectivity index (χ3n) is 4.21. The molecule has 3 N–H and O–H groups in total. The van der Waals surface area contributed by atoms with Crippen molar-refractivity contribution >= 4 is 5.91 Å². The van der Waals surface area contributed by atoms with Crippen molar-refractivity contribution in [3.8, 4) is 11.6 Å². The van der Waals surface area contributed by atoms with Gasteiger partial charge < -0.3 is 15.8 Å². The van der Waals surface area contributed by atoms with E-state index >= 15 is 0 Å². The molecule has 3 aromatic rings. The number of carbonyl (C=O) groups excluding carboxylic acids is 1. The Balaban J connectivity index is 1.51. The summed E-state index contributed by atoms with van der Waals surface area (Å²) in [5.74, 6) is 0.613. The third kappa shape index (κ3) is 5.66. The number of aromatic nitrogens is 1. The minimum Gasteiger partial charge on any atom is -0.439 e.